The van der Waals surface area contributed by atoms with Crippen molar-refractivity contribution in [2.75, 3.05) is 11.1 Å². The normalized spacial score (nSPS) is 14.3. The van der Waals surface area contributed by atoms with Gasteiger partial charge in [-0.15, -0.1) is 11.3 Å². The fourth-order valence-electron chi connectivity index (χ4n) is 1.78. The Labute approximate surface area is 113 Å². The van der Waals surface area contributed by atoms with Crippen molar-refractivity contribution in [3.05, 3.63) is 28.9 Å². The van der Waals surface area contributed by atoms with Crippen LogP contribution in [-0.2, 0) is 0 Å². The first-order chi connectivity index (χ1) is 9.13. The third-order valence-electron chi connectivity index (χ3n) is 2.92. The number of hydrogen-bond donors (Lipinski definition) is 3. The van der Waals surface area contributed by atoms with Crippen LogP contribution in [0.4, 0.5) is 16.6 Å². The average molecular weight is 275 g/mol. The van der Waals surface area contributed by atoms with E-state index in [2.05, 4.69) is 15.3 Å². The van der Waals surface area contributed by atoms with E-state index in [1.807, 2.05) is 5.38 Å². The van der Waals surface area contributed by atoms with Crippen molar-refractivity contribution in [2.45, 2.75) is 18.8 Å². The summed E-state index contributed by atoms with van der Waals surface area (Å²) in [6.45, 7) is 0. The fourth-order valence-corrected chi connectivity index (χ4v) is 2.57. The number of nitrogens with one attached hydrogen (secondary N) is 1. The Morgan fingerprint density at radius 1 is 1.47 bits per heavy atom. The van der Waals surface area contributed by atoms with Gasteiger partial charge in [0.15, 0.2) is 5.13 Å². The molecular formula is C12H13N5OS. The third kappa shape index (κ3) is 2.50. The van der Waals surface area contributed by atoms with Crippen LogP contribution < -0.4 is 16.8 Å². The van der Waals surface area contributed by atoms with Gasteiger partial charge in [0, 0.05) is 11.3 Å². The molecule has 0 radical (unpaired) electrons. The largest absolute Gasteiger partial charge is 0.397 e. The standard InChI is InChI=1S/C12H13N5OS/c13-7-3-8(10(14)18)11(15-4-7)17-12-16-9(5-19-12)6-1-2-6/h3-6H,1-2,13H2,(H2,14,18)(H,15,16,17). The molecule has 1 aliphatic rings. The lowest BCUT2D eigenvalue weighted by Crippen LogP contribution is -2.14. The molecule has 2 aromatic rings. The molecular weight excluding hydrogens is 262 g/mol. The summed E-state index contributed by atoms with van der Waals surface area (Å²) < 4.78 is 0. The summed E-state index contributed by atoms with van der Waals surface area (Å²) >= 11 is 1.49. The topological polar surface area (TPSA) is 107 Å². The molecule has 1 aliphatic carbocycles. The second-order valence-corrected chi connectivity index (χ2v) is 5.36. The Kier molecular flexibility index (Phi) is 2.83. The molecule has 0 bridgehead atoms. The van der Waals surface area contributed by atoms with Crippen molar-refractivity contribution in [3.8, 4) is 0 Å². The molecule has 1 fully saturated rings. The zero-order valence-corrected chi connectivity index (χ0v) is 10.9. The summed E-state index contributed by atoms with van der Waals surface area (Å²) in [4.78, 5) is 19.9. The van der Waals surface area contributed by atoms with Gasteiger partial charge in [-0.1, -0.05) is 0 Å². The second kappa shape index (κ2) is 4.51. The summed E-state index contributed by atoms with van der Waals surface area (Å²) in [5.41, 5.74) is 12.7. The molecule has 7 heteroatoms. The smallest absolute Gasteiger partial charge is 0.252 e. The maximum atomic E-state index is 11.4. The zero-order valence-electron chi connectivity index (χ0n) is 10.1. The van der Waals surface area contributed by atoms with Gasteiger partial charge < -0.3 is 16.8 Å². The van der Waals surface area contributed by atoms with Crippen LogP contribution in [0.1, 0.15) is 34.8 Å². The van der Waals surface area contributed by atoms with Crippen molar-refractivity contribution in [1.82, 2.24) is 9.97 Å². The molecule has 0 atom stereocenters. The number of thiazole rings is 1. The number of aromatic nitrogens is 2. The molecule has 1 amide bonds. The van der Waals surface area contributed by atoms with E-state index in [0.29, 0.717) is 22.6 Å². The van der Waals surface area contributed by atoms with Gasteiger partial charge in [0.05, 0.1) is 23.1 Å². The molecule has 0 aromatic carbocycles. The minimum atomic E-state index is -0.568. The van der Waals surface area contributed by atoms with E-state index in [9.17, 15) is 4.79 Å². The Morgan fingerprint density at radius 2 is 2.26 bits per heavy atom. The number of amides is 1. The Morgan fingerprint density at radius 3 is 2.95 bits per heavy atom. The highest BCUT2D eigenvalue weighted by atomic mass is 32.1. The summed E-state index contributed by atoms with van der Waals surface area (Å²) in [5.74, 6) is 0.418. The van der Waals surface area contributed by atoms with Crippen LogP contribution in [0.15, 0.2) is 17.6 Å². The van der Waals surface area contributed by atoms with Gasteiger partial charge in [-0.05, 0) is 18.9 Å². The van der Waals surface area contributed by atoms with Crippen LogP contribution in [0.3, 0.4) is 0 Å². The number of carbonyl (C=O) groups is 1. The summed E-state index contributed by atoms with van der Waals surface area (Å²) in [7, 11) is 0. The lowest BCUT2D eigenvalue weighted by Gasteiger charge is -2.06. The van der Waals surface area contributed by atoms with Crippen LogP contribution in [0.5, 0.6) is 0 Å². The van der Waals surface area contributed by atoms with Gasteiger partial charge in [-0.3, -0.25) is 4.79 Å². The van der Waals surface area contributed by atoms with Crippen LogP contribution >= 0.6 is 11.3 Å². The lowest BCUT2D eigenvalue weighted by atomic mass is 10.2. The van der Waals surface area contributed by atoms with E-state index in [4.69, 9.17) is 11.5 Å². The highest BCUT2D eigenvalue weighted by Gasteiger charge is 2.26. The average Bonchev–Trinajstić information content (AvgIpc) is 3.12. The van der Waals surface area contributed by atoms with Crippen LogP contribution in [-0.4, -0.2) is 15.9 Å². The van der Waals surface area contributed by atoms with E-state index in [0.717, 1.165) is 5.69 Å². The summed E-state index contributed by atoms with van der Waals surface area (Å²) in [6, 6.07) is 1.51. The first-order valence-corrected chi connectivity index (χ1v) is 6.79. The van der Waals surface area contributed by atoms with Crippen molar-refractivity contribution in [3.63, 3.8) is 0 Å². The maximum absolute atomic E-state index is 11.4. The van der Waals surface area contributed by atoms with Gasteiger partial charge in [0.25, 0.3) is 5.91 Å². The van der Waals surface area contributed by atoms with Gasteiger partial charge >= 0.3 is 0 Å². The van der Waals surface area contributed by atoms with Crippen molar-refractivity contribution < 1.29 is 4.79 Å². The number of rotatable bonds is 4. The minimum absolute atomic E-state index is 0.267. The number of carbonyl (C=O) groups excluding carboxylic acids is 1. The van der Waals surface area contributed by atoms with Gasteiger partial charge in [-0.2, -0.15) is 0 Å². The number of primary amides is 1. The monoisotopic (exact) mass is 275 g/mol. The van der Waals surface area contributed by atoms with Crippen molar-refractivity contribution in [1.29, 1.82) is 0 Å². The number of anilines is 3. The second-order valence-electron chi connectivity index (χ2n) is 4.51. The van der Waals surface area contributed by atoms with Crippen LogP contribution in [0.2, 0.25) is 0 Å². The molecule has 0 aliphatic heterocycles. The quantitative estimate of drug-likeness (QED) is 0.789. The van der Waals surface area contributed by atoms with Gasteiger partial charge in [0.2, 0.25) is 0 Å². The lowest BCUT2D eigenvalue weighted by molar-refractivity contribution is 0.100. The van der Waals surface area contributed by atoms with Gasteiger partial charge in [0.1, 0.15) is 5.82 Å². The highest BCUT2D eigenvalue weighted by Crippen LogP contribution is 2.41. The molecule has 2 heterocycles. The molecule has 3 rings (SSSR count). The number of nitrogens with zero attached hydrogens (tertiary/aromatic N) is 2. The number of nitrogens with two attached hydrogens (primary N) is 2. The molecule has 0 saturated heterocycles. The molecule has 19 heavy (non-hydrogen) atoms. The number of pyridine rings is 1. The van der Waals surface area contributed by atoms with Gasteiger partial charge in [-0.25, -0.2) is 9.97 Å². The molecule has 0 spiro atoms. The van der Waals surface area contributed by atoms with E-state index >= 15 is 0 Å². The van der Waals surface area contributed by atoms with E-state index < -0.39 is 5.91 Å². The van der Waals surface area contributed by atoms with Crippen LogP contribution in [0.25, 0.3) is 0 Å². The molecule has 6 nitrogen and oxygen atoms in total. The summed E-state index contributed by atoms with van der Waals surface area (Å²) in [5, 5.41) is 5.76. The molecule has 0 unspecified atom stereocenters. The van der Waals surface area contributed by atoms with Crippen LogP contribution in [0, 0.1) is 0 Å². The Balaban J connectivity index is 1.87. The molecule has 5 N–H and O–H groups in total. The van der Waals surface area contributed by atoms with E-state index in [-0.39, 0.29) is 5.56 Å². The van der Waals surface area contributed by atoms with Crippen molar-refractivity contribution in [2.24, 2.45) is 5.73 Å². The molecule has 2 aromatic heterocycles. The van der Waals surface area contributed by atoms with Crippen molar-refractivity contribution >= 4 is 33.9 Å². The zero-order chi connectivity index (χ0) is 13.4. The third-order valence-corrected chi connectivity index (χ3v) is 3.69. The predicted molar refractivity (Wildman–Crippen MR) is 74.5 cm³/mol. The summed E-state index contributed by atoms with van der Waals surface area (Å²) in [6.07, 6.45) is 3.88. The van der Waals surface area contributed by atoms with E-state index in [1.54, 1.807) is 0 Å². The highest BCUT2D eigenvalue weighted by molar-refractivity contribution is 7.13. The Hall–Kier alpha value is -2.15. The molecule has 98 valence electrons. The maximum Gasteiger partial charge on any atom is 0.252 e. The number of nitrogen functional groups attached to an aromatic ring is 1. The SMILES string of the molecule is NC(=O)c1cc(N)cnc1Nc1nc(C2CC2)cs1. The predicted octanol–water partition coefficient (Wildman–Crippen LogP) is 1.84. The number of hydrogen-bond acceptors (Lipinski definition) is 6. The van der Waals surface area contributed by atoms with E-state index in [1.165, 1.54) is 36.4 Å². The minimum Gasteiger partial charge on any atom is -0.397 e. The molecule has 1 saturated carbocycles. The fraction of sp³-hybridized carbons (Fsp3) is 0.250. The first-order valence-electron chi connectivity index (χ1n) is 5.91. The Bertz CT molecular complexity index is 635. The first kappa shape index (κ1) is 11.9.